The largest absolute Gasteiger partial charge is 0.355 e. The average molecular weight is 300 g/mol. The van der Waals surface area contributed by atoms with E-state index in [1.165, 1.54) is 6.07 Å². The van der Waals surface area contributed by atoms with Crippen LogP contribution in [0.4, 0.5) is 4.39 Å². The van der Waals surface area contributed by atoms with Crippen molar-refractivity contribution in [2.75, 3.05) is 19.3 Å². The van der Waals surface area contributed by atoms with Crippen molar-refractivity contribution in [3.05, 3.63) is 35.6 Å². The van der Waals surface area contributed by atoms with E-state index in [9.17, 15) is 17.6 Å². The van der Waals surface area contributed by atoms with E-state index in [0.717, 1.165) is 6.26 Å². The van der Waals surface area contributed by atoms with Gasteiger partial charge in [-0.15, -0.1) is 0 Å². The van der Waals surface area contributed by atoms with Gasteiger partial charge in [0.05, 0.1) is 6.26 Å². The molecule has 1 aliphatic carbocycles. The number of benzene rings is 1. The Hall–Kier alpha value is -1.47. The summed E-state index contributed by atoms with van der Waals surface area (Å²) in [5.41, 5.74) is 0.571. The zero-order chi connectivity index (χ0) is 14.8. The molecule has 1 aromatic carbocycles. The summed E-state index contributed by atoms with van der Waals surface area (Å²) < 4.78 is 37.5. The lowest BCUT2D eigenvalue weighted by Gasteiger charge is -2.06. The number of amides is 1. The molecule has 1 amide bonds. The van der Waals surface area contributed by atoms with E-state index in [4.69, 9.17) is 0 Å². The summed E-state index contributed by atoms with van der Waals surface area (Å²) in [6, 6.07) is 6.45. The Morgan fingerprint density at radius 3 is 2.70 bits per heavy atom. The quantitative estimate of drug-likeness (QED) is 0.755. The molecule has 20 heavy (non-hydrogen) atoms. The molecule has 0 radical (unpaired) electrons. The summed E-state index contributed by atoms with van der Waals surface area (Å²) in [5, 5.41) is 2.65. The molecule has 7 heteroatoms. The van der Waals surface area contributed by atoms with Crippen molar-refractivity contribution >= 4 is 15.9 Å². The van der Waals surface area contributed by atoms with Crippen LogP contribution in [0.5, 0.6) is 0 Å². The van der Waals surface area contributed by atoms with Gasteiger partial charge in [-0.25, -0.2) is 17.5 Å². The third-order valence-electron chi connectivity index (χ3n) is 3.22. The van der Waals surface area contributed by atoms with Crippen LogP contribution in [0.1, 0.15) is 17.9 Å². The Kier molecular flexibility index (Phi) is 4.39. The monoisotopic (exact) mass is 300 g/mol. The van der Waals surface area contributed by atoms with Gasteiger partial charge in [0.1, 0.15) is 5.82 Å². The Labute approximate surface area is 117 Å². The Morgan fingerprint density at radius 1 is 1.35 bits per heavy atom. The molecule has 0 bridgehead atoms. The van der Waals surface area contributed by atoms with E-state index in [1.807, 2.05) is 0 Å². The highest BCUT2D eigenvalue weighted by Gasteiger charge is 2.44. The first kappa shape index (κ1) is 14.9. The topological polar surface area (TPSA) is 75.3 Å². The Balaban J connectivity index is 1.78. The SMILES string of the molecule is CS(=O)(=O)NCCNC(=O)C1CC1c1ccccc1F. The number of rotatable bonds is 6. The molecule has 1 aromatic rings. The third-order valence-corrected chi connectivity index (χ3v) is 3.95. The van der Waals surface area contributed by atoms with Crippen molar-refractivity contribution in [2.24, 2.45) is 5.92 Å². The molecule has 2 rings (SSSR count). The summed E-state index contributed by atoms with van der Waals surface area (Å²) in [5.74, 6) is -0.732. The second-order valence-electron chi connectivity index (χ2n) is 4.93. The van der Waals surface area contributed by atoms with Crippen LogP contribution in [-0.4, -0.2) is 33.7 Å². The number of carbonyl (C=O) groups is 1. The third kappa shape index (κ3) is 4.01. The lowest BCUT2D eigenvalue weighted by atomic mass is 10.1. The van der Waals surface area contributed by atoms with Crippen LogP contribution in [0, 0.1) is 11.7 Å². The van der Waals surface area contributed by atoms with E-state index < -0.39 is 10.0 Å². The number of hydrogen-bond donors (Lipinski definition) is 2. The molecule has 1 aliphatic rings. The first-order chi connectivity index (χ1) is 9.38. The Bertz CT molecular complexity index is 603. The van der Waals surface area contributed by atoms with Crippen LogP contribution in [0.3, 0.4) is 0 Å². The van der Waals surface area contributed by atoms with Crippen molar-refractivity contribution in [3.8, 4) is 0 Å². The summed E-state index contributed by atoms with van der Waals surface area (Å²) in [6.45, 7) is 0.383. The molecular weight excluding hydrogens is 283 g/mol. The number of carbonyl (C=O) groups excluding carboxylic acids is 1. The van der Waals surface area contributed by atoms with Gasteiger partial charge < -0.3 is 5.32 Å². The summed E-state index contributed by atoms with van der Waals surface area (Å²) in [6.07, 6.45) is 1.69. The van der Waals surface area contributed by atoms with Crippen molar-refractivity contribution in [1.29, 1.82) is 0 Å². The molecule has 0 spiro atoms. The fourth-order valence-corrected chi connectivity index (χ4v) is 2.63. The molecule has 110 valence electrons. The number of hydrogen-bond acceptors (Lipinski definition) is 3. The van der Waals surface area contributed by atoms with Crippen LogP contribution in [0.2, 0.25) is 0 Å². The second kappa shape index (κ2) is 5.88. The van der Waals surface area contributed by atoms with E-state index in [1.54, 1.807) is 18.2 Å². The average Bonchev–Trinajstić information content (AvgIpc) is 3.14. The lowest BCUT2D eigenvalue weighted by molar-refractivity contribution is -0.122. The van der Waals surface area contributed by atoms with Crippen LogP contribution >= 0.6 is 0 Å². The van der Waals surface area contributed by atoms with Gasteiger partial charge in [-0.2, -0.15) is 0 Å². The van der Waals surface area contributed by atoms with E-state index >= 15 is 0 Å². The van der Waals surface area contributed by atoms with E-state index in [0.29, 0.717) is 12.0 Å². The zero-order valence-corrected chi connectivity index (χ0v) is 11.9. The first-order valence-electron chi connectivity index (χ1n) is 6.35. The smallest absolute Gasteiger partial charge is 0.223 e. The normalized spacial score (nSPS) is 21.5. The fourth-order valence-electron chi connectivity index (χ4n) is 2.16. The molecule has 0 heterocycles. The van der Waals surface area contributed by atoms with Crippen LogP contribution in [0.25, 0.3) is 0 Å². The van der Waals surface area contributed by atoms with Gasteiger partial charge in [-0.1, -0.05) is 18.2 Å². The zero-order valence-electron chi connectivity index (χ0n) is 11.1. The second-order valence-corrected chi connectivity index (χ2v) is 6.76. The fraction of sp³-hybridized carbons (Fsp3) is 0.462. The minimum absolute atomic E-state index is 0.0703. The number of sulfonamides is 1. The van der Waals surface area contributed by atoms with Crippen LogP contribution in [0.15, 0.2) is 24.3 Å². The standard InChI is InChI=1S/C13H17FN2O3S/c1-20(18,19)16-7-6-15-13(17)11-8-10(11)9-4-2-3-5-12(9)14/h2-5,10-11,16H,6-8H2,1H3,(H,15,17). The van der Waals surface area contributed by atoms with Gasteiger partial charge in [0, 0.05) is 19.0 Å². The molecule has 5 nitrogen and oxygen atoms in total. The minimum atomic E-state index is -3.24. The molecule has 0 aromatic heterocycles. The molecule has 1 fully saturated rings. The highest BCUT2D eigenvalue weighted by molar-refractivity contribution is 7.88. The highest BCUT2D eigenvalue weighted by Crippen LogP contribution is 2.48. The lowest BCUT2D eigenvalue weighted by Crippen LogP contribution is -2.35. The van der Waals surface area contributed by atoms with Gasteiger partial charge in [-0.05, 0) is 24.0 Å². The van der Waals surface area contributed by atoms with Gasteiger partial charge in [0.15, 0.2) is 0 Å². The van der Waals surface area contributed by atoms with Crippen molar-refractivity contribution in [2.45, 2.75) is 12.3 Å². The summed E-state index contributed by atoms with van der Waals surface area (Å²) in [7, 11) is -3.24. The Morgan fingerprint density at radius 2 is 2.05 bits per heavy atom. The molecule has 2 atom stereocenters. The van der Waals surface area contributed by atoms with Crippen molar-refractivity contribution in [1.82, 2.24) is 10.0 Å². The summed E-state index contributed by atoms with van der Waals surface area (Å²) in [4.78, 5) is 11.8. The maximum Gasteiger partial charge on any atom is 0.223 e. The van der Waals surface area contributed by atoms with Crippen LogP contribution < -0.4 is 10.0 Å². The van der Waals surface area contributed by atoms with E-state index in [-0.39, 0.29) is 36.6 Å². The van der Waals surface area contributed by atoms with Crippen LogP contribution in [-0.2, 0) is 14.8 Å². The molecule has 2 unspecified atom stereocenters. The molecule has 1 saturated carbocycles. The van der Waals surface area contributed by atoms with Gasteiger partial charge in [0.25, 0.3) is 0 Å². The molecular formula is C13H17FN2O3S. The van der Waals surface area contributed by atoms with E-state index in [2.05, 4.69) is 10.0 Å². The predicted molar refractivity (Wildman–Crippen MR) is 73.1 cm³/mol. The number of nitrogens with one attached hydrogen (secondary N) is 2. The number of halogens is 1. The molecule has 2 N–H and O–H groups in total. The van der Waals surface area contributed by atoms with Gasteiger partial charge in [0.2, 0.25) is 15.9 Å². The van der Waals surface area contributed by atoms with Gasteiger partial charge >= 0.3 is 0 Å². The minimum Gasteiger partial charge on any atom is -0.355 e. The maximum atomic E-state index is 13.5. The maximum absolute atomic E-state index is 13.5. The first-order valence-corrected chi connectivity index (χ1v) is 8.24. The van der Waals surface area contributed by atoms with Crippen molar-refractivity contribution in [3.63, 3.8) is 0 Å². The van der Waals surface area contributed by atoms with Crippen molar-refractivity contribution < 1.29 is 17.6 Å². The highest BCUT2D eigenvalue weighted by atomic mass is 32.2. The summed E-state index contributed by atoms with van der Waals surface area (Å²) >= 11 is 0. The molecule has 0 aliphatic heterocycles. The van der Waals surface area contributed by atoms with Gasteiger partial charge in [-0.3, -0.25) is 4.79 Å². The predicted octanol–water partition coefficient (Wildman–Crippen LogP) is 0.595. The molecule has 0 saturated heterocycles.